The highest BCUT2D eigenvalue weighted by Crippen LogP contribution is 2.13. The summed E-state index contributed by atoms with van der Waals surface area (Å²) in [4.78, 5) is 22.0. The summed E-state index contributed by atoms with van der Waals surface area (Å²) in [5.74, 6) is 23.2. The van der Waals surface area contributed by atoms with Crippen molar-refractivity contribution in [1.29, 1.82) is 0 Å². The summed E-state index contributed by atoms with van der Waals surface area (Å²) in [6.07, 6.45) is 21.1. The lowest BCUT2D eigenvalue weighted by atomic mass is 10.0. The highest BCUT2D eigenvalue weighted by Gasteiger charge is 2.13. The minimum absolute atomic E-state index is 0. The third-order valence-corrected chi connectivity index (χ3v) is 5.25. The summed E-state index contributed by atoms with van der Waals surface area (Å²) in [6.45, 7) is 2.91. The van der Waals surface area contributed by atoms with Crippen LogP contribution in [-0.4, -0.2) is 48.2 Å². The molecule has 0 spiro atoms. The second kappa shape index (κ2) is 34.2. The SMILES string of the molecule is C#CC#CC#CC#CC#CC#CNC(C)=O.CCCCCCCCCCCCCCCC(=O)O[C@H](CO)COCO.[HH].[HH].[HH].[HH].[HH].[HH].[HH].[HH].[HH].[HH].[HH]. The molecule has 244 valence electrons. The van der Waals surface area contributed by atoms with Gasteiger partial charge in [0.2, 0.25) is 5.91 Å². The van der Waals surface area contributed by atoms with Crippen LogP contribution in [0.2, 0.25) is 0 Å². The Balaban J connectivity index is -0.0000000463. The highest BCUT2D eigenvalue weighted by molar-refractivity contribution is 5.74. The number of rotatable bonds is 19. The van der Waals surface area contributed by atoms with Crippen LogP contribution in [0.15, 0.2) is 0 Å². The summed E-state index contributed by atoms with van der Waals surface area (Å²) in [7, 11) is 0. The maximum Gasteiger partial charge on any atom is 0.306 e. The van der Waals surface area contributed by atoms with Crippen molar-refractivity contribution in [2.24, 2.45) is 0 Å². The zero-order valence-corrected chi connectivity index (χ0v) is 24.7. The van der Waals surface area contributed by atoms with Gasteiger partial charge in [-0.3, -0.25) is 14.9 Å². The number of unbranched alkanes of at least 4 members (excludes halogenated alkanes) is 12. The van der Waals surface area contributed by atoms with Crippen LogP contribution in [0.3, 0.4) is 0 Å². The Bertz CT molecular complexity index is 1090. The van der Waals surface area contributed by atoms with Crippen LogP contribution in [0.25, 0.3) is 0 Å². The molecule has 0 unspecified atom stereocenters. The molecule has 0 aromatic rings. The van der Waals surface area contributed by atoms with E-state index in [0.717, 1.165) is 12.8 Å². The molecule has 1 amide bonds. The zero-order valence-electron chi connectivity index (χ0n) is 24.7. The van der Waals surface area contributed by atoms with Crippen LogP contribution < -0.4 is 5.32 Å². The van der Waals surface area contributed by atoms with Gasteiger partial charge in [-0.25, -0.2) is 0 Å². The summed E-state index contributed by atoms with van der Waals surface area (Å²) in [5, 5.41) is 19.8. The number of esters is 1. The lowest BCUT2D eigenvalue weighted by molar-refractivity contribution is -0.157. The van der Waals surface area contributed by atoms with E-state index in [-0.39, 0.29) is 40.8 Å². The zero-order chi connectivity index (χ0) is 30.7. The molecule has 3 N–H and O–H groups in total. The maximum absolute atomic E-state index is 11.6. The van der Waals surface area contributed by atoms with Gasteiger partial charge in [0.05, 0.1) is 13.2 Å². The average Bonchev–Trinajstić information content (AvgIpc) is 2.96. The summed E-state index contributed by atoms with van der Waals surface area (Å²) >= 11 is 0. The number of aliphatic hydroxyl groups excluding tert-OH is 2. The molecule has 0 heterocycles. The molecule has 0 bridgehead atoms. The van der Waals surface area contributed by atoms with Crippen molar-refractivity contribution in [3.8, 4) is 71.7 Å². The lowest BCUT2D eigenvalue weighted by Crippen LogP contribution is -2.27. The summed E-state index contributed by atoms with van der Waals surface area (Å²) in [6, 6.07) is 2.33. The lowest BCUT2D eigenvalue weighted by Gasteiger charge is -2.14. The standard InChI is InChI=1S/C20H40O5.C14H5NO.11H2/c1-2-3-4-5-6-7-8-9-10-11-12-13-14-15-20(23)25-19(16-21)17-24-18-22;1-3-4-5-6-7-8-9-10-11-12-13-15-14(2)16;;;;;;;;;;;/h19,21-22H,2-18H2,1H3;1H,2H3,(H,15,16);11*1H/t19-;;;;;;;;;;;;/m1............/s1. The fourth-order valence-corrected chi connectivity index (χ4v) is 3.25. The Hall–Kier alpha value is -3.82. The molecule has 7 heteroatoms. The normalized spacial score (nSPS) is 9.34. The number of nitrogens with one attached hydrogen (secondary N) is 1. The Morgan fingerprint density at radius 1 is 0.756 bits per heavy atom. The van der Waals surface area contributed by atoms with Gasteiger partial charge in [0.1, 0.15) is 12.9 Å². The second-order valence-corrected chi connectivity index (χ2v) is 8.86. The van der Waals surface area contributed by atoms with E-state index in [1.54, 1.807) is 0 Å². The largest absolute Gasteiger partial charge is 0.457 e. The van der Waals surface area contributed by atoms with Crippen LogP contribution in [0.1, 0.15) is 119 Å². The number of carbonyl (C=O) groups excluding carboxylic acids is 2. The molecule has 0 rings (SSSR count). The first-order chi connectivity index (χ1) is 20.0. The molecule has 0 saturated heterocycles. The van der Waals surface area contributed by atoms with E-state index in [0.29, 0.717) is 6.42 Å². The van der Waals surface area contributed by atoms with Crippen molar-refractivity contribution in [2.45, 2.75) is 110 Å². The third kappa shape index (κ3) is 36.2. The first-order valence-corrected chi connectivity index (χ1v) is 14.2. The van der Waals surface area contributed by atoms with Gasteiger partial charge in [-0.2, -0.15) is 0 Å². The molecule has 41 heavy (non-hydrogen) atoms. The minimum atomic E-state index is -0.679. The van der Waals surface area contributed by atoms with Crippen molar-refractivity contribution >= 4 is 11.9 Å². The average molecular weight is 586 g/mol. The van der Waals surface area contributed by atoms with Crippen LogP contribution in [0.5, 0.6) is 0 Å². The molecule has 0 fully saturated rings. The number of ether oxygens (including phenoxy) is 2. The van der Waals surface area contributed by atoms with E-state index in [4.69, 9.17) is 26.1 Å². The first kappa shape index (κ1) is 39.3. The Morgan fingerprint density at radius 3 is 1.66 bits per heavy atom. The smallest absolute Gasteiger partial charge is 0.306 e. The van der Waals surface area contributed by atoms with Gasteiger partial charge in [0.25, 0.3) is 0 Å². The van der Waals surface area contributed by atoms with Gasteiger partial charge in [-0.15, -0.1) is 6.42 Å². The topological polar surface area (TPSA) is 105 Å². The maximum atomic E-state index is 11.6. The second-order valence-electron chi connectivity index (χ2n) is 8.86. The monoisotopic (exact) mass is 585 g/mol. The number of hydrogen-bond donors (Lipinski definition) is 3. The predicted octanol–water partition coefficient (Wildman–Crippen LogP) is 6.77. The first-order valence-electron chi connectivity index (χ1n) is 14.2. The van der Waals surface area contributed by atoms with E-state index in [1.165, 1.54) is 77.6 Å². The number of amides is 1. The van der Waals surface area contributed by atoms with Crippen LogP contribution in [0, 0.1) is 71.7 Å². The Kier molecular flexibility index (Phi) is 32.8. The van der Waals surface area contributed by atoms with Crippen molar-refractivity contribution in [3.63, 3.8) is 0 Å². The quantitative estimate of drug-likeness (QED) is 0.0508. The fraction of sp³-hybridized carbons (Fsp3) is 0.588. The molecule has 0 aliphatic rings. The molecule has 0 aromatic carbocycles. The van der Waals surface area contributed by atoms with Gasteiger partial charge in [-0.05, 0) is 36.0 Å². The molecule has 0 radical (unpaired) electrons. The Labute approximate surface area is 264 Å². The van der Waals surface area contributed by atoms with Crippen molar-refractivity contribution in [3.05, 3.63) is 0 Å². The molecule has 0 aliphatic carbocycles. The van der Waals surface area contributed by atoms with Gasteiger partial charge in [0, 0.05) is 64.7 Å². The van der Waals surface area contributed by atoms with Gasteiger partial charge in [-0.1, -0.05) is 84.0 Å². The van der Waals surface area contributed by atoms with Crippen molar-refractivity contribution < 1.29 is 45.0 Å². The van der Waals surface area contributed by atoms with Crippen LogP contribution >= 0.6 is 0 Å². The summed E-state index contributed by atoms with van der Waals surface area (Å²) < 4.78 is 9.81. The Morgan fingerprint density at radius 2 is 1.22 bits per heavy atom. The van der Waals surface area contributed by atoms with Crippen molar-refractivity contribution in [2.75, 3.05) is 20.0 Å². The predicted molar refractivity (Wildman–Crippen MR) is 185 cm³/mol. The minimum Gasteiger partial charge on any atom is -0.457 e. The van der Waals surface area contributed by atoms with E-state index < -0.39 is 12.9 Å². The van der Waals surface area contributed by atoms with E-state index in [9.17, 15) is 9.59 Å². The highest BCUT2D eigenvalue weighted by atomic mass is 16.6. The number of terminal acetylenes is 1. The number of hydrogen-bond acceptors (Lipinski definition) is 6. The van der Waals surface area contributed by atoms with E-state index >= 15 is 0 Å². The van der Waals surface area contributed by atoms with Gasteiger partial charge >= 0.3 is 5.97 Å². The molecular weight excluding hydrogens is 518 g/mol. The third-order valence-electron chi connectivity index (χ3n) is 5.25. The molecule has 0 aromatic heterocycles. The van der Waals surface area contributed by atoms with Crippen LogP contribution in [0.4, 0.5) is 0 Å². The van der Waals surface area contributed by atoms with Crippen molar-refractivity contribution in [1.82, 2.24) is 5.32 Å². The molecule has 0 saturated carbocycles. The summed E-state index contributed by atoms with van der Waals surface area (Å²) in [5.41, 5.74) is 0. The van der Waals surface area contributed by atoms with Gasteiger partial charge in [0.15, 0.2) is 0 Å². The molecule has 1 atom stereocenters. The van der Waals surface area contributed by atoms with Crippen LogP contribution in [-0.2, 0) is 19.1 Å². The fourth-order valence-electron chi connectivity index (χ4n) is 3.25. The molecule has 0 aliphatic heterocycles. The number of carbonyl (C=O) groups is 2. The number of aliphatic hydroxyl groups is 2. The van der Waals surface area contributed by atoms with E-state index in [1.807, 2.05) is 0 Å². The molecular formula is C34H67NO6. The van der Waals surface area contributed by atoms with E-state index in [2.05, 4.69) is 77.5 Å². The van der Waals surface area contributed by atoms with Gasteiger partial charge < -0.3 is 19.7 Å². The molecule has 7 nitrogen and oxygen atoms in total.